The van der Waals surface area contributed by atoms with Crippen LogP contribution in [-0.2, 0) is 25.5 Å². The average Bonchev–Trinajstić information content (AvgIpc) is 2.70. The number of hydrogen-bond acceptors (Lipinski definition) is 9. The summed E-state index contributed by atoms with van der Waals surface area (Å²) in [6.07, 6.45) is -1.17. The Morgan fingerprint density at radius 2 is 2.00 bits per heavy atom. The minimum Gasteiger partial charge on any atom is -0.507 e. The number of fused-ring (bicyclic) bond motifs is 3. The summed E-state index contributed by atoms with van der Waals surface area (Å²) in [5.41, 5.74) is -2.48. The Kier molecular flexibility index (Phi) is 4.31. The van der Waals surface area contributed by atoms with Gasteiger partial charge in [-0.1, -0.05) is 12.1 Å². The number of phenolic OH excluding ortho intramolecular Hbond substituents is 1. The maximum Gasteiger partial charge on any atom is 0.509 e. The van der Waals surface area contributed by atoms with E-state index in [-0.39, 0.29) is 32.6 Å². The van der Waals surface area contributed by atoms with Crippen LogP contribution in [0.5, 0.6) is 5.75 Å². The number of benzene rings is 1. The molecule has 4 rings (SSSR count). The quantitative estimate of drug-likeness (QED) is 0.587. The van der Waals surface area contributed by atoms with E-state index in [1.54, 1.807) is 18.2 Å². The van der Waals surface area contributed by atoms with Crippen molar-refractivity contribution in [2.45, 2.75) is 24.9 Å². The third kappa shape index (κ3) is 2.43. The van der Waals surface area contributed by atoms with Crippen LogP contribution in [-0.4, -0.2) is 45.8 Å². The Balaban J connectivity index is 0.00000181. The fraction of sp³-hybridized carbons (Fsp3) is 0.333. The third-order valence-electron chi connectivity index (χ3n) is 6.04. The normalized spacial score (nSPS) is 27.6. The zero-order valence-electron chi connectivity index (χ0n) is 15.8. The zero-order valence-corrected chi connectivity index (χ0v) is 15.8. The summed E-state index contributed by atoms with van der Waals surface area (Å²) in [5, 5.41) is 41.1. The summed E-state index contributed by atoms with van der Waals surface area (Å²) in [7, 11) is 1.01. The summed E-state index contributed by atoms with van der Waals surface area (Å²) >= 11 is 0. The fourth-order valence-corrected chi connectivity index (χ4v) is 4.75. The van der Waals surface area contributed by atoms with Crippen molar-refractivity contribution in [3.8, 4) is 11.8 Å². The summed E-state index contributed by atoms with van der Waals surface area (Å²) in [4.78, 5) is 37.9. The van der Waals surface area contributed by atoms with Gasteiger partial charge in [-0.15, -0.1) is 0 Å². The molecule has 0 radical (unpaired) electrons. The molecule has 0 spiro atoms. The molecule has 1 saturated carbocycles. The van der Waals surface area contributed by atoms with E-state index < -0.39 is 52.3 Å². The first kappa shape index (κ1) is 19.5. The van der Waals surface area contributed by atoms with Gasteiger partial charge in [0.15, 0.2) is 11.5 Å². The van der Waals surface area contributed by atoms with Crippen LogP contribution >= 0.6 is 0 Å². The van der Waals surface area contributed by atoms with Gasteiger partial charge < -0.3 is 24.8 Å². The number of carbonyl (C=O) groups excluding carboxylic acids is 3. The Morgan fingerprint density at radius 1 is 1.27 bits per heavy atom. The summed E-state index contributed by atoms with van der Waals surface area (Å²) in [6.45, 7) is 0. The van der Waals surface area contributed by atoms with Gasteiger partial charge in [0, 0.05) is 20.8 Å². The number of aromatic hydroxyl groups is 1. The van der Waals surface area contributed by atoms with Gasteiger partial charge in [-0.2, -0.15) is 5.26 Å². The first-order chi connectivity index (χ1) is 14.3. The van der Waals surface area contributed by atoms with Crippen LogP contribution in [0, 0.1) is 23.2 Å². The highest BCUT2D eigenvalue weighted by molar-refractivity contribution is 6.14. The molecule has 0 amide bonds. The molecule has 3 atom stereocenters. The fourth-order valence-electron chi connectivity index (χ4n) is 4.75. The molecule has 0 saturated heterocycles. The highest BCUT2D eigenvalue weighted by atomic mass is 16.7. The molecule has 1 aromatic carbocycles. The predicted octanol–water partition coefficient (Wildman–Crippen LogP) is 2.74. The number of ketones is 2. The number of rotatable bonds is 1. The van der Waals surface area contributed by atoms with Crippen LogP contribution in [0.4, 0.5) is 4.79 Å². The molecule has 158 valence electrons. The van der Waals surface area contributed by atoms with E-state index in [2.05, 4.69) is 4.74 Å². The van der Waals surface area contributed by atoms with Gasteiger partial charge in [-0.05, 0) is 30.4 Å². The largest absolute Gasteiger partial charge is 0.509 e. The first-order valence-electron chi connectivity index (χ1n) is 9.19. The molecule has 30 heavy (non-hydrogen) atoms. The van der Waals surface area contributed by atoms with Crippen molar-refractivity contribution < 1.29 is 42.0 Å². The molecular weight excluding hydrogens is 394 g/mol. The molecule has 2 unspecified atom stereocenters. The summed E-state index contributed by atoms with van der Waals surface area (Å²) in [5.74, 6) is -4.78. The lowest BCUT2D eigenvalue weighted by Crippen LogP contribution is -2.59. The lowest BCUT2D eigenvalue weighted by Gasteiger charge is -2.47. The summed E-state index contributed by atoms with van der Waals surface area (Å²) in [6, 6.07) is 6.23. The topological polar surface area (TPSA) is 154 Å². The average molecular weight is 415 g/mol. The second-order valence-electron chi connectivity index (χ2n) is 7.49. The maximum absolute atomic E-state index is 13.6. The van der Waals surface area contributed by atoms with E-state index in [1.807, 2.05) is 0 Å². The Morgan fingerprint density at radius 3 is 2.67 bits per heavy atom. The van der Waals surface area contributed by atoms with Gasteiger partial charge in [0.1, 0.15) is 23.2 Å². The maximum atomic E-state index is 13.6. The second-order valence-corrected chi connectivity index (χ2v) is 7.49. The molecule has 0 aromatic heterocycles. The van der Waals surface area contributed by atoms with Gasteiger partial charge in [-0.3, -0.25) is 9.59 Å². The van der Waals surface area contributed by atoms with Crippen molar-refractivity contribution in [1.29, 1.82) is 5.26 Å². The summed E-state index contributed by atoms with van der Waals surface area (Å²) < 4.78 is 9.72. The Labute approximate surface area is 173 Å². The van der Waals surface area contributed by atoms with Crippen LogP contribution in [0.2, 0.25) is 0 Å². The molecule has 9 nitrogen and oxygen atoms in total. The number of aliphatic hydroxyl groups is 2. The number of nitrogens with zero attached hydrogens (tertiary/aromatic N) is 1. The van der Waals surface area contributed by atoms with Crippen molar-refractivity contribution in [2.24, 2.45) is 11.8 Å². The number of ether oxygens (including phenoxy) is 2. The van der Waals surface area contributed by atoms with Gasteiger partial charge in [-0.25, -0.2) is 4.79 Å². The lowest BCUT2D eigenvalue weighted by molar-refractivity contribution is -0.151. The van der Waals surface area contributed by atoms with Crippen LogP contribution in [0.1, 0.15) is 26.8 Å². The van der Waals surface area contributed by atoms with E-state index >= 15 is 0 Å². The van der Waals surface area contributed by atoms with E-state index in [9.17, 15) is 35.0 Å². The van der Waals surface area contributed by atoms with Crippen LogP contribution in [0.15, 0.2) is 35.1 Å². The van der Waals surface area contributed by atoms with Crippen molar-refractivity contribution in [1.82, 2.24) is 0 Å². The van der Waals surface area contributed by atoms with Gasteiger partial charge >= 0.3 is 6.16 Å². The molecule has 1 fully saturated rings. The SMILES string of the molecule is COC(=O)O[C@]12C(=O)C3=C(O)c4c(O)cccc4CC3CC1CC(=O)C(C#N)=C2O.[HH].[HH]. The molecule has 9 heteroatoms. The van der Waals surface area contributed by atoms with Gasteiger partial charge in [0.05, 0.1) is 12.7 Å². The Bertz CT molecular complexity index is 1120. The van der Waals surface area contributed by atoms with Crippen LogP contribution < -0.4 is 0 Å². The molecule has 1 aromatic rings. The van der Waals surface area contributed by atoms with Crippen molar-refractivity contribution in [2.75, 3.05) is 7.11 Å². The number of phenols is 1. The number of Topliss-reactive ketones (excluding diaryl/α,β-unsaturated/α-hetero) is 2. The number of aliphatic hydroxyl groups excluding tert-OH is 2. The van der Waals surface area contributed by atoms with E-state index in [1.165, 1.54) is 6.07 Å². The molecule has 3 N–H and O–H groups in total. The van der Waals surface area contributed by atoms with Gasteiger partial charge in [0.2, 0.25) is 11.4 Å². The number of methoxy groups -OCH3 is 1. The standard InChI is InChI=1S/C21H17NO8.2H2/c1-29-20(28)30-21-11(7-14(24)12(8-22)18(21)26)6-10-5-9-3-2-4-13(23)15(9)17(25)16(10)19(21)27;;/h2-4,10-11,23,25-26H,5-7H2,1H3;2*1H/t10?,11?,21-;;/m1../s1. The first-order valence-corrected chi connectivity index (χ1v) is 9.19. The predicted molar refractivity (Wildman–Crippen MR) is 103 cm³/mol. The molecule has 0 heterocycles. The van der Waals surface area contributed by atoms with Crippen molar-refractivity contribution >= 4 is 23.5 Å². The molecule has 0 aliphatic heterocycles. The Hall–Kier alpha value is -3.80. The highest BCUT2D eigenvalue weighted by Crippen LogP contribution is 2.53. The van der Waals surface area contributed by atoms with E-state index in [0.717, 1.165) is 7.11 Å². The number of hydrogen-bond donors (Lipinski definition) is 3. The third-order valence-corrected chi connectivity index (χ3v) is 6.04. The highest BCUT2D eigenvalue weighted by Gasteiger charge is 2.63. The van der Waals surface area contributed by atoms with E-state index in [0.29, 0.717) is 12.0 Å². The van der Waals surface area contributed by atoms with Crippen molar-refractivity contribution in [3.63, 3.8) is 0 Å². The van der Waals surface area contributed by atoms with Crippen LogP contribution in [0.3, 0.4) is 0 Å². The molecular formula is C21H21NO8. The van der Waals surface area contributed by atoms with Crippen LogP contribution in [0.25, 0.3) is 5.76 Å². The zero-order chi connectivity index (χ0) is 21.8. The molecule has 3 aliphatic carbocycles. The minimum atomic E-state index is -2.37. The second kappa shape index (κ2) is 6.62. The lowest BCUT2D eigenvalue weighted by atomic mass is 9.59. The monoisotopic (exact) mass is 415 g/mol. The number of nitriles is 1. The minimum absolute atomic E-state index is 0. The smallest absolute Gasteiger partial charge is 0.507 e. The number of allylic oxidation sites excluding steroid dienone is 1. The molecule has 3 aliphatic rings. The number of carbonyl (C=O) groups is 3. The van der Waals surface area contributed by atoms with Crippen molar-refractivity contribution in [3.05, 3.63) is 46.2 Å². The molecule has 0 bridgehead atoms. The van der Waals surface area contributed by atoms with Gasteiger partial charge in [0.25, 0.3) is 0 Å². The van der Waals surface area contributed by atoms with E-state index in [4.69, 9.17) is 4.74 Å².